The first kappa shape index (κ1) is 21.3. The van der Waals surface area contributed by atoms with Gasteiger partial charge in [-0.25, -0.2) is 0 Å². The normalized spacial score (nSPS) is 14.0. The lowest BCUT2D eigenvalue weighted by molar-refractivity contribution is -0.158. The number of ether oxygens (including phenoxy) is 1. The molecule has 0 aliphatic heterocycles. The molecule has 0 fully saturated rings. The molecule has 0 N–H and O–H groups in total. The number of halogens is 2. The molecule has 0 spiro atoms. The predicted molar refractivity (Wildman–Crippen MR) is 94.7 cm³/mol. The molecule has 130 valence electrons. The maximum Gasteiger partial charge on any atom is 0.394 e. The summed E-state index contributed by atoms with van der Waals surface area (Å²) >= 11 is 0. The number of benzene rings is 1. The molecule has 0 amide bonds. The highest BCUT2D eigenvalue weighted by Gasteiger charge is 2.22. The Morgan fingerprint density at radius 1 is 1.26 bits per heavy atom. The van der Waals surface area contributed by atoms with Crippen LogP contribution in [0.5, 0.6) is 5.75 Å². The summed E-state index contributed by atoms with van der Waals surface area (Å²) in [5.74, 6) is 0.875. The second-order valence-corrected chi connectivity index (χ2v) is 5.79. The fraction of sp³-hybridized carbons (Fsp3) is 0.526. The van der Waals surface area contributed by atoms with Gasteiger partial charge in [0.15, 0.2) is 0 Å². The van der Waals surface area contributed by atoms with E-state index in [9.17, 15) is 8.78 Å². The summed E-state index contributed by atoms with van der Waals surface area (Å²) in [5, 5.41) is 0. The van der Waals surface area contributed by atoms with E-state index in [2.05, 4.69) is 36.6 Å². The Balaban J connectivity index is 0.000000423. The van der Waals surface area contributed by atoms with Crippen molar-refractivity contribution in [2.45, 2.75) is 54.1 Å². The minimum atomic E-state index is -3.10. The number of allylic oxidation sites excluding steroid dienone is 2. The van der Waals surface area contributed by atoms with Crippen molar-refractivity contribution in [3.8, 4) is 5.75 Å². The summed E-state index contributed by atoms with van der Waals surface area (Å²) in [6, 6.07) is 6.49. The second-order valence-electron chi connectivity index (χ2n) is 5.79. The summed E-state index contributed by atoms with van der Waals surface area (Å²) < 4.78 is 28.9. The number of hydrogen-bond donors (Lipinski definition) is 0. The van der Waals surface area contributed by atoms with Crippen LogP contribution in [0.1, 0.15) is 46.6 Å². The molecule has 4 heteroatoms. The molecule has 0 radical (unpaired) electrons. The van der Waals surface area contributed by atoms with Crippen molar-refractivity contribution in [1.29, 1.82) is 0 Å². The van der Waals surface area contributed by atoms with Gasteiger partial charge in [0.2, 0.25) is 0 Å². The van der Waals surface area contributed by atoms with Gasteiger partial charge in [-0.3, -0.25) is 4.99 Å². The van der Waals surface area contributed by atoms with Crippen molar-refractivity contribution in [2.75, 3.05) is 7.05 Å². The lowest BCUT2D eigenvalue weighted by Gasteiger charge is -2.12. The van der Waals surface area contributed by atoms with Gasteiger partial charge in [0, 0.05) is 19.7 Å². The van der Waals surface area contributed by atoms with E-state index in [4.69, 9.17) is 0 Å². The molecule has 0 bridgehead atoms. The van der Waals surface area contributed by atoms with Crippen LogP contribution in [0, 0.1) is 12.8 Å². The third-order valence-corrected chi connectivity index (χ3v) is 3.50. The third-order valence-electron chi connectivity index (χ3n) is 3.50. The largest absolute Gasteiger partial charge is 0.433 e. The van der Waals surface area contributed by atoms with E-state index in [-0.39, 0.29) is 5.75 Å². The Morgan fingerprint density at radius 3 is 2.17 bits per heavy atom. The van der Waals surface area contributed by atoms with Crippen LogP contribution in [0.3, 0.4) is 0 Å². The van der Waals surface area contributed by atoms with Crippen LogP contribution in [-0.4, -0.2) is 18.9 Å². The number of aliphatic imine (C=N–C) groups is 1. The molecule has 1 unspecified atom stereocenters. The highest BCUT2D eigenvalue weighted by Crippen LogP contribution is 2.20. The minimum Gasteiger partial charge on any atom is -0.433 e. The van der Waals surface area contributed by atoms with Crippen LogP contribution in [0.25, 0.3) is 0 Å². The molecule has 1 aromatic carbocycles. The molecule has 0 heterocycles. The zero-order chi connectivity index (χ0) is 18.0. The molecular weight excluding hydrogens is 296 g/mol. The molecule has 1 rings (SSSR count). The van der Waals surface area contributed by atoms with Crippen LogP contribution in [0.2, 0.25) is 0 Å². The highest BCUT2D eigenvalue weighted by atomic mass is 19.3. The first-order chi connectivity index (χ1) is 10.6. The van der Waals surface area contributed by atoms with Crippen LogP contribution < -0.4 is 4.74 Å². The summed E-state index contributed by atoms with van der Waals surface area (Å²) in [6.07, 6.45) is 0.267. The van der Waals surface area contributed by atoms with Gasteiger partial charge in [-0.15, -0.1) is 0 Å². The van der Waals surface area contributed by atoms with E-state index in [1.165, 1.54) is 24.1 Å². The smallest absolute Gasteiger partial charge is 0.394 e. The maximum absolute atomic E-state index is 12.3. The molecule has 1 atom stereocenters. The number of nitrogens with zero attached hydrogens (tertiary/aromatic N) is 1. The number of rotatable bonds is 5. The molecule has 0 saturated heterocycles. The topological polar surface area (TPSA) is 21.6 Å². The van der Waals surface area contributed by atoms with Crippen molar-refractivity contribution < 1.29 is 13.5 Å². The van der Waals surface area contributed by atoms with Gasteiger partial charge in [-0.05, 0) is 51.3 Å². The number of alkyl halides is 2. The first-order valence-corrected chi connectivity index (χ1v) is 7.84. The lowest BCUT2D eigenvalue weighted by atomic mass is 9.99. The van der Waals surface area contributed by atoms with E-state index in [1.807, 2.05) is 20.9 Å². The van der Waals surface area contributed by atoms with Crippen molar-refractivity contribution >= 4 is 5.71 Å². The van der Waals surface area contributed by atoms with Crippen LogP contribution in [-0.2, 0) is 0 Å². The molecule has 23 heavy (non-hydrogen) atoms. The Morgan fingerprint density at radius 2 is 1.78 bits per heavy atom. The zero-order valence-electron chi connectivity index (χ0n) is 15.3. The Hall–Kier alpha value is -1.71. The van der Waals surface area contributed by atoms with E-state index in [0.717, 1.165) is 11.3 Å². The summed E-state index contributed by atoms with van der Waals surface area (Å²) in [4.78, 5) is 4.09. The average molecular weight is 325 g/mol. The monoisotopic (exact) mass is 325 g/mol. The maximum atomic E-state index is 12.3. The van der Waals surface area contributed by atoms with Crippen LogP contribution in [0.4, 0.5) is 8.78 Å². The summed E-state index contributed by atoms with van der Waals surface area (Å²) in [7, 11) is 1.83. The molecular formula is C19H29F2NO. The van der Waals surface area contributed by atoms with E-state index >= 15 is 0 Å². The number of aryl methyl sites for hydroxylation is 1. The van der Waals surface area contributed by atoms with Gasteiger partial charge in [-0.1, -0.05) is 37.1 Å². The molecule has 0 aliphatic carbocycles. The van der Waals surface area contributed by atoms with E-state index < -0.39 is 6.11 Å². The van der Waals surface area contributed by atoms with Gasteiger partial charge in [0.05, 0.1) is 0 Å². The Labute approximate surface area is 139 Å². The Bertz CT molecular complexity index is 513. The fourth-order valence-corrected chi connectivity index (χ4v) is 1.67. The average Bonchev–Trinajstić information content (AvgIpc) is 2.47. The van der Waals surface area contributed by atoms with E-state index in [0.29, 0.717) is 12.8 Å². The minimum absolute atomic E-state index is 0.188. The molecule has 2 nitrogen and oxygen atoms in total. The van der Waals surface area contributed by atoms with Gasteiger partial charge in [0.25, 0.3) is 0 Å². The second kappa shape index (κ2) is 10.1. The summed E-state index contributed by atoms with van der Waals surface area (Å²) in [5.41, 5.74) is 3.56. The molecule has 0 aliphatic rings. The summed E-state index contributed by atoms with van der Waals surface area (Å²) in [6.45, 7) is 11.3. The van der Waals surface area contributed by atoms with Crippen molar-refractivity contribution in [2.24, 2.45) is 10.9 Å². The Kier molecular flexibility index (Phi) is 9.38. The van der Waals surface area contributed by atoms with Gasteiger partial charge < -0.3 is 4.74 Å². The third kappa shape index (κ3) is 10.6. The first-order valence-electron chi connectivity index (χ1n) is 7.84. The van der Waals surface area contributed by atoms with E-state index in [1.54, 1.807) is 12.1 Å². The van der Waals surface area contributed by atoms with Crippen molar-refractivity contribution in [1.82, 2.24) is 0 Å². The van der Waals surface area contributed by atoms with Gasteiger partial charge in [0.1, 0.15) is 5.75 Å². The fourth-order valence-electron chi connectivity index (χ4n) is 1.67. The number of hydrogen-bond acceptors (Lipinski definition) is 2. The highest BCUT2D eigenvalue weighted by molar-refractivity contribution is 5.93. The van der Waals surface area contributed by atoms with Crippen molar-refractivity contribution in [3.63, 3.8) is 0 Å². The standard InChI is InChI=1S/C10H19N.C9H10F2O/c1-6-8(2)9(3)7-10(4)11-5;1-7-3-5-8(6-4-7)12-9(2,10)11/h7-8H,6H2,1-5H3;3-6H,1-2H3/b9-7-,11-10?;. The molecule has 0 aromatic heterocycles. The lowest BCUT2D eigenvalue weighted by Crippen LogP contribution is -2.18. The van der Waals surface area contributed by atoms with Crippen LogP contribution in [0.15, 0.2) is 40.9 Å². The van der Waals surface area contributed by atoms with Gasteiger partial charge in [-0.2, -0.15) is 8.78 Å². The van der Waals surface area contributed by atoms with Crippen LogP contribution >= 0.6 is 0 Å². The molecule has 0 saturated carbocycles. The quantitative estimate of drug-likeness (QED) is 0.603. The van der Waals surface area contributed by atoms with Gasteiger partial charge >= 0.3 is 6.11 Å². The SMILES string of the molecule is CCC(C)/C(C)=C\C(C)=NC.Cc1ccc(OC(C)(F)F)cc1. The van der Waals surface area contributed by atoms with Crippen molar-refractivity contribution in [3.05, 3.63) is 41.5 Å². The predicted octanol–water partition coefficient (Wildman–Crippen LogP) is 6.06. The molecule has 1 aromatic rings. The zero-order valence-corrected chi connectivity index (χ0v) is 15.3.